The molecule has 0 bridgehead atoms. The third-order valence-corrected chi connectivity index (χ3v) is 5.29. The molecule has 8 nitrogen and oxygen atoms in total. The van der Waals surface area contributed by atoms with E-state index in [1.54, 1.807) is 12.3 Å². The second-order valence-corrected chi connectivity index (χ2v) is 7.55. The van der Waals surface area contributed by atoms with Crippen molar-refractivity contribution in [3.63, 3.8) is 0 Å². The zero-order chi connectivity index (χ0) is 20.3. The molecule has 1 aliphatic rings. The topological polar surface area (TPSA) is 89.8 Å². The minimum atomic E-state index is 0.423. The van der Waals surface area contributed by atoms with Gasteiger partial charge in [-0.3, -0.25) is 4.98 Å². The molecule has 1 aliphatic heterocycles. The van der Waals surface area contributed by atoms with E-state index in [0.29, 0.717) is 29.7 Å². The van der Waals surface area contributed by atoms with Crippen LogP contribution in [0.4, 0.5) is 5.82 Å². The van der Waals surface area contributed by atoms with Crippen molar-refractivity contribution >= 4 is 39.7 Å². The summed E-state index contributed by atoms with van der Waals surface area (Å²) in [5, 5.41) is 0.423. The molecule has 5 rings (SSSR count). The van der Waals surface area contributed by atoms with Crippen molar-refractivity contribution in [2.75, 3.05) is 31.2 Å². The van der Waals surface area contributed by atoms with E-state index in [9.17, 15) is 0 Å². The fourth-order valence-corrected chi connectivity index (χ4v) is 3.64. The van der Waals surface area contributed by atoms with Gasteiger partial charge in [-0.05, 0) is 43.5 Å². The van der Waals surface area contributed by atoms with Crippen LogP contribution in [0.5, 0.6) is 0 Å². The molecule has 0 aromatic carbocycles. The largest absolute Gasteiger partial charge is 0.378 e. The van der Waals surface area contributed by atoms with Crippen molar-refractivity contribution in [1.29, 1.82) is 0 Å². The Bertz CT molecular complexity index is 1200. The first kappa shape index (κ1) is 19.0. The third-order valence-electron chi connectivity index (χ3n) is 5.08. The van der Waals surface area contributed by atoms with Crippen molar-refractivity contribution in [3.8, 4) is 0 Å². The van der Waals surface area contributed by atoms with Crippen LogP contribution < -0.4 is 4.90 Å². The van der Waals surface area contributed by atoms with Gasteiger partial charge in [-0.1, -0.05) is 11.6 Å². The SMILES string of the molecule is Clc1ccc2ncc(CCCc3ccc4ncc(N5CCOCC5)nc4n3)nc2n1. The van der Waals surface area contributed by atoms with Gasteiger partial charge in [0.15, 0.2) is 11.3 Å². The lowest BCUT2D eigenvalue weighted by Gasteiger charge is -2.27. The second kappa shape index (κ2) is 8.41. The van der Waals surface area contributed by atoms with Crippen LogP contribution >= 0.6 is 11.6 Å². The fourth-order valence-electron chi connectivity index (χ4n) is 3.49. The van der Waals surface area contributed by atoms with E-state index in [2.05, 4.69) is 24.8 Å². The fraction of sp³-hybridized carbons (Fsp3) is 0.333. The molecule has 0 aliphatic carbocycles. The summed E-state index contributed by atoms with van der Waals surface area (Å²) in [5.74, 6) is 0.855. The molecule has 1 fully saturated rings. The van der Waals surface area contributed by atoms with Gasteiger partial charge in [0.25, 0.3) is 0 Å². The van der Waals surface area contributed by atoms with Crippen LogP contribution in [0.1, 0.15) is 17.8 Å². The van der Waals surface area contributed by atoms with Gasteiger partial charge >= 0.3 is 0 Å². The smallest absolute Gasteiger partial charge is 0.180 e. The molecule has 1 saturated heterocycles. The second-order valence-electron chi connectivity index (χ2n) is 7.16. The van der Waals surface area contributed by atoms with Gasteiger partial charge in [0.2, 0.25) is 0 Å². The number of fused-ring (bicyclic) bond motifs is 2. The van der Waals surface area contributed by atoms with Crippen LogP contribution in [0.25, 0.3) is 22.3 Å². The van der Waals surface area contributed by atoms with E-state index in [1.165, 1.54) is 0 Å². The highest BCUT2D eigenvalue weighted by atomic mass is 35.5. The Labute approximate surface area is 178 Å². The standard InChI is InChI=1S/C21H20ClN7O/c22-18-7-6-17-20(27-18)26-15(12-23-17)3-1-2-14-4-5-16-21(25-14)28-19(13-24-16)29-8-10-30-11-9-29/h4-7,12-13H,1-3,8-11H2. The number of aromatic nitrogens is 6. The van der Waals surface area contributed by atoms with Gasteiger partial charge in [-0.25, -0.2) is 24.9 Å². The normalized spacial score (nSPS) is 14.5. The van der Waals surface area contributed by atoms with E-state index in [4.69, 9.17) is 26.3 Å². The van der Waals surface area contributed by atoms with Crippen molar-refractivity contribution < 1.29 is 4.74 Å². The average molecular weight is 422 g/mol. The van der Waals surface area contributed by atoms with Crippen molar-refractivity contribution in [1.82, 2.24) is 29.9 Å². The molecule has 0 radical (unpaired) electrons. The number of nitrogens with zero attached hydrogens (tertiary/aromatic N) is 7. The maximum absolute atomic E-state index is 5.96. The van der Waals surface area contributed by atoms with Gasteiger partial charge in [0.05, 0.1) is 25.1 Å². The number of anilines is 1. The van der Waals surface area contributed by atoms with Crippen LogP contribution in [0.3, 0.4) is 0 Å². The first-order chi connectivity index (χ1) is 14.7. The summed E-state index contributed by atoms with van der Waals surface area (Å²) >= 11 is 5.96. The Morgan fingerprint density at radius 3 is 2.37 bits per heavy atom. The van der Waals surface area contributed by atoms with E-state index < -0.39 is 0 Å². The molecule has 4 aromatic rings. The molecule has 0 saturated carbocycles. The number of morpholine rings is 1. The van der Waals surface area contributed by atoms with Crippen molar-refractivity contribution in [2.45, 2.75) is 19.3 Å². The monoisotopic (exact) mass is 421 g/mol. The van der Waals surface area contributed by atoms with E-state index in [1.807, 2.05) is 24.4 Å². The van der Waals surface area contributed by atoms with Gasteiger partial charge < -0.3 is 9.64 Å². The summed E-state index contributed by atoms with van der Waals surface area (Å²) in [7, 11) is 0. The number of hydrogen-bond donors (Lipinski definition) is 0. The van der Waals surface area contributed by atoms with Crippen LogP contribution in [-0.4, -0.2) is 56.2 Å². The molecule has 30 heavy (non-hydrogen) atoms. The molecule has 152 valence electrons. The lowest BCUT2D eigenvalue weighted by Crippen LogP contribution is -2.36. The highest BCUT2D eigenvalue weighted by Gasteiger charge is 2.14. The first-order valence-electron chi connectivity index (χ1n) is 9.98. The summed E-state index contributed by atoms with van der Waals surface area (Å²) in [5.41, 5.74) is 4.70. The molecule has 0 amide bonds. The summed E-state index contributed by atoms with van der Waals surface area (Å²) in [4.78, 5) is 29.4. The zero-order valence-electron chi connectivity index (χ0n) is 16.3. The first-order valence-corrected chi connectivity index (χ1v) is 10.4. The summed E-state index contributed by atoms with van der Waals surface area (Å²) < 4.78 is 5.41. The number of halogens is 1. The minimum absolute atomic E-state index is 0.423. The third kappa shape index (κ3) is 4.15. The lowest BCUT2D eigenvalue weighted by atomic mass is 10.1. The van der Waals surface area contributed by atoms with Gasteiger partial charge in [-0.15, -0.1) is 0 Å². The molecule has 4 aromatic heterocycles. The zero-order valence-corrected chi connectivity index (χ0v) is 17.1. The Morgan fingerprint density at radius 1 is 0.800 bits per heavy atom. The molecule has 0 atom stereocenters. The molecule has 5 heterocycles. The van der Waals surface area contributed by atoms with E-state index in [-0.39, 0.29) is 0 Å². The highest BCUT2D eigenvalue weighted by molar-refractivity contribution is 6.29. The summed E-state index contributed by atoms with van der Waals surface area (Å²) in [6, 6.07) is 7.54. The van der Waals surface area contributed by atoms with E-state index >= 15 is 0 Å². The number of aryl methyl sites for hydroxylation is 2. The molecule has 0 spiro atoms. The van der Waals surface area contributed by atoms with Crippen LogP contribution in [0.2, 0.25) is 5.15 Å². The van der Waals surface area contributed by atoms with Crippen LogP contribution in [-0.2, 0) is 17.6 Å². The number of ether oxygens (including phenoxy) is 1. The number of rotatable bonds is 5. The van der Waals surface area contributed by atoms with Crippen LogP contribution in [0, 0.1) is 0 Å². The number of hydrogen-bond acceptors (Lipinski definition) is 8. The Hall–Kier alpha value is -2.97. The maximum Gasteiger partial charge on any atom is 0.180 e. The molecule has 0 N–H and O–H groups in total. The quantitative estimate of drug-likeness (QED) is 0.454. The molecular weight excluding hydrogens is 402 g/mol. The highest BCUT2D eigenvalue weighted by Crippen LogP contribution is 2.17. The Kier molecular flexibility index (Phi) is 5.33. The predicted octanol–water partition coefficient (Wildman–Crippen LogP) is 3.03. The van der Waals surface area contributed by atoms with E-state index in [0.717, 1.165) is 60.6 Å². The molecular formula is C21H20ClN7O. The molecule has 0 unspecified atom stereocenters. The van der Waals surface area contributed by atoms with Gasteiger partial charge in [0, 0.05) is 25.0 Å². The lowest BCUT2D eigenvalue weighted by molar-refractivity contribution is 0.122. The van der Waals surface area contributed by atoms with Gasteiger partial charge in [0.1, 0.15) is 22.0 Å². The van der Waals surface area contributed by atoms with Gasteiger partial charge in [-0.2, -0.15) is 0 Å². The van der Waals surface area contributed by atoms with Crippen molar-refractivity contribution in [2.24, 2.45) is 0 Å². The Balaban J connectivity index is 1.28. The summed E-state index contributed by atoms with van der Waals surface area (Å²) in [6.07, 6.45) is 6.12. The minimum Gasteiger partial charge on any atom is -0.378 e. The number of pyridine rings is 2. The molecule has 9 heteroatoms. The summed E-state index contributed by atoms with van der Waals surface area (Å²) in [6.45, 7) is 3.08. The predicted molar refractivity (Wildman–Crippen MR) is 115 cm³/mol. The van der Waals surface area contributed by atoms with Crippen molar-refractivity contribution in [3.05, 3.63) is 53.2 Å². The maximum atomic E-state index is 5.96. The Morgan fingerprint density at radius 2 is 1.50 bits per heavy atom. The average Bonchev–Trinajstić information content (AvgIpc) is 2.79. The van der Waals surface area contributed by atoms with Crippen LogP contribution in [0.15, 0.2) is 36.7 Å².